The molecule has 0 rings (SSSR count). The lowest BCUT2D eigenvalue weighted by Crippen LogP contribution is -2.30. The van der Waals surface area contributed by atoms with Crippen LogP contribution in [0.25, 0.3) is 0 Å². The van der Waals surface area contributed by atoms with Gasteiger partial charge in [0.15, 0.2) is 6.10 Å². The lowest BCUT2D eigenvalue weighted by molar-refractivity contribution is -0.167. The van der Waals surface area contributed by atoms with Crippen molar-refractivity contribution < 1.29 is 28.6 Å². The molecule has 0 heterocycles. The third-order valence-electron chi connectivity index (χ3n) is 11.7. The van der Waals surface area contributed by atoms with Gasteiger partial charge in [-0.3, -0.25) is 14.4 Å². The van der Waals surface area contributed by atoms with E-state index in [1.807, 2.05) is 0 Å². The van der Waals surface area contributed by atoms with E-state index in [2.05, 4.69) is 93.7 Å². The number of esters is 3. The summed E-state index contributed by atoms with van der Waals surface area (Å²) in [6.07, 6.45) is 67.4. The highest BCUT2D eigenvalue weighted by Crippen LogP contribution is 2.15. The zero-order valence-corrected chi connectivity index (χ0v) is 42.7. The van der Waals surface area contributed by atoms with Crippen LogP contribution in [0, 0.1) is 0 Å². The van der Waals surface area contributed by atoms with Gasteiger partial charge in [-0.05, 0) is 89.9 Å². The molecule has 0 radical (unpaired) electrons. The van der Waals surface area contributed by atoms with Gasteiger partial charge in [-0.25, -0.2) is 0 Å². The van der Waals surface area contributed by atoms with E-state index in [9.17, 15) is 14.4 Å². The average molecular weight is 907 g/mol. The van der Waals surface area contributed by atoms with Gasteiger partial charge < -0.3 is 14.2 Å². The number of hydrogen-bond acceptors (Lipinski definition) is 6. The maximum Gasteiger partial charge on any atom is 0.306 e. The van der Waals surface area contributed by atoms with E-state index in [1.165, 1.54) is 116 Å². The minimum Gasteiger partial charge on any atom is -0.462 e. The summed E-state index contributed by atoms with van der Waals surface area (Å²) in [5, 5.41) is 0. The number of unbranched alkanes of at least 4 members (excludes halogenated alkanes) is 26. The van der Waals surface area contributed by atoms with Crippen LogP contribution in [0.2, 0.25) is 0 Å². The monoisotopic (exact) mass is 907 g/mol. The fourth-order valence-corrected chi connectivity index (χ4v) is 7.58. The van der Waals surface area contributed by atoms with E-state index in [0.717, 1.165) is 109 Å². The Hall–Kier alpha value is -3.15. The zero-order valence-electron chi connectivity index (χ0n) is 42.7. The predicted molar refractivity (Wildman–Crippen MR) is 279 cm³/mol. The van der Waals surface area contributed by atoms with E-state index in [4.69, 9.17) is 14.2 Å². The van der Waals surface area contributed by atoms with Crippen molar-refractivity contribution in [1.82, 2.24) is 0 Å². The van der Waals surface area contributed by atoms with Gasteiger partial charge in [-0.15, -0.1) is 0 Å². The Morgan fingerprint density at radius 2 is 0.600 bits per heavy atom. The van der Waals surface area contributed by atoms with Gasteiger partial charge in [-0.1, -0.05) is 229 Å². The van der Waals surface area contributed by atoms with Crippen molar-refractivity contribution in [3.8, 4) is 0 Å². The molecular weight excluding hydrogens is 805 g/mol. The van der Waals surface area contributed by atoms with E-state index < -0.39 is 6.10 Å². The topological polar surface area (TPSA) is 78.9 Å². The van der Waals surface area contributed by atoms with Crippen LogP contribution in [0.3, 0.4) is 0 Å². The molecule has 374 valence electrons. The lowest BCUT2D eigenvalue weighted by Gasteiger charge is -2.18. The fourth-order valence-electron chi connectivity index (χ4n) is 7.58. The van der Waals surface area contributed by atoms with Crippen molar-refractivity contribution in [2.45, 2.75) is 271 Å². The van der Waals surface area contributed by atoms with Crippen LogP contribution in [0.1, 0.15) is 265 Å². The summed E-state index contributed by atoms with van der Waals surface area (Å²) in [5.74, 6) is -0.923. The molecule has 0 aromatic rings. The molecule has 0 aliphatic heterocycles. The summed E-state index contributed by atoms with van der Waals surface area (Å²) in [6.45, 7) is 6.50. The van der Waals surface area contributed by atoms with Crippen LogP contribution in [0.15, 0.2) is 72.9 Å². The van der Waals surface area contributed by atoms with Crippen LogP contribution in [-0.2, 0) is 28.6 Å². The Morgan fingerprint density at radius 3 is 0.969 bits per heavy atom. The largest absolute Gasteiger partial charge is 0.462 e. The maximum atomic E-state index is 12.8. The number of carbonyl (C=O) groups excluding carboxylic acids is 3. The van der Waals surface area contributed by atoms with Gasteiger partial charge >= 0.3 is 17.9 Å². The number of ether oxygens (including phenoxy) is 3. The van der Waals surface area contributed by atoms with Gasteiger partial charge in [-0.2, -0.15) is 0 Å². The number of allylic oxidation sites excluding steroid dienone is 12. The SMILES string of the molecule is CC/C=C\C/C=C\C/C=C\C/C=C\C/C=C\CCCCCC(=O)OCC(COC(=O)CCCCCCCCCCCCCCC)OC(=O)CCCCCCC/C=C\CCCCCCCC. The molecule has 0 saturated carbocycles. The molecule has 6 heteroatoms. The molecule has 65 heavy (non-hydrogen) atoms. The molecule has 0 aliphatic carbocycles. The van der Waals surface area contributed by atoms with Gasteiger partial charge in [0.05, 0.1) is 0 Å². The first-order valence-corrected chi connectivity index (χ1v) is 27.4. The number of rotatable bonds is 49. The van der Waals surface area contributed by atoms with E-state index in [-0.39, 0.29) is 31.1 Å². The smallest absolute Gasteiger partial charge is 0.306 e. The molecule has 0 saturated heterocycles. The Kier molecular flexibility index (Phi) is 50.9. The van der Waals surface area contributed by atoms with Crippen LogP contribution in [0.4, 0.5) is 0 Å². The molecular formula is C59H102O6. The normalized spacial score (nSPS) is 12.6. The Morgan fingerprint density at radius 1 is 0.323 bits per heavy atom. The first-order valence-electron chi connectivity index (χ1n) is 27.4. The maximum absolute atomic E-state index is 12.8. The van der Waals surface area contributed by atoms with Crippen LogP contribution < -0.4 is 0 Å². The van der Waals surface area contributed by atoms with Crippen LogP contribution in [-0.4, -0.2) is 37.2 Å². The Balaban J connectivity index is 4.44. The van der Waals surface area contributed by atoms with E-state index in [1.54, 1.807) is 0 Å². The molecule has 0 aliphatic rings. The molecule has 0 amide bonds. The van der Waals surface area contributed by atoms with Gasteiger partial charge in [0.2, 0.25) is 0 Å². The first-order chi connectivity index (χ1) is 32.0. The molecule has 6 nitrogen and oxygen atoms in total. The van der Waals surface area contributed by atoms with Crippen LogP contribution >= 0.6 is 0 Å². The Labute approximate surface area is 402 Å². The highest BCUT2D eigenvalue weighted by Gasteiger charge is 2.19. The summed E-state index contributed by atoms with van der Waals surface area (Å²) in [6, 6.07) is 0. The van der Waals surface area contributed by atoms with Crippen molar-refractivity contribution in [3.05, 3.63) is 72.9 Å². The number of carbonyl (C=O) groups is 3. The molecule has 0 fully saturated rings. The summed E-state index contributed by atoms with van der Waals surface area (Å²) in [5.41, 5.74) is 0. The van der Waals surface area contributed by atoms with E-state index in [0.29, 0.717) is 19.3 Å². The lowest BCUT2D eigenvalue weighted by atomic mass is 10.0. The molecule has 0 aromatic carbocycles. The van der Waals surface area contributed by atoms with Gasteiger partial charge in [0.25, 0.3) is 0 Å². The molecule has 1 atom stereocenters. The Bertz CT molecular complexity index is 1230. The fraction of sp³-hybridized carbons (Fsp3) is 0.746. The van der Waals surface area contributed by atoms with Crippen molar-refractivity contribution in [2.24, 2.45) is 0 Å². The molecule has 0 bridgehead atoms. The first kappa shape index (κ1) is 61.9. The quantitative estimate of drug-likeness (QED) is 0.0262. The molecule has 0 aromatic heterocycles. The van der Waals surface area contributed by atoms with Crippen molar-refractivity contribution in [2.75, 3.05) is 13.2 Å². The summed E-state index contributed by atoms with van der Waals surface area (Å²) in [7, 11) is 0. The average Bonchev–Trinajstić information content (AvgIpc) is 3.30. The van der Waals surface area contributed by atoms with Gasteiger partial charge in [0, 0.05) is 19.3 Å². The number of hydrogen-bond donors (Lipinski definition) is 0. The highest BCUT2D eigenvalue weighted by molar-refractivity contribution is 5.71. The summed E-state index contributed by atoms with van der Waals surface area (Å²) < 4.78 is 16.8. The van der Waals surface area contributed by atoms with Crippen LogP contribution in [0.5, 0.6) is 0 Å². The second-order valence-electron chi connectivity index (χ2n) is 18.1. The third-order valence-corrected chi connectivity index (χ3v) is 11.7. The van der Waals surface area contributed by atoms with Crippen molar-refractivity contribution in [1.29, 1.82) is 0 Å². The summed E-state index contributed by atoms with van der Waals surface area (Å²) in [4.78, 5) is 38.1. The minimum absolute atomic E-state index is 0.0874. The summed E-state index contributed by atoms with van der Waals surface area (Å²) >= 11 is 0. The molecule has 0 spiro atoms. The second-order valence-corrected chi connectivity index (χ2v) is 18.1. The predicted octanol–water partition coefficient (Wildman–Crippen LogP) is 18.2. The zero-order chi connectivity index (χ0) is 47.2. The molecule has 0 N–H and O–H groups in total. The van der Waals surface area contributed by atoms with Gasteiger partial charge in [0.1, 0.15) is 13.2 Å². The third kappa shape index (κ3) is 51.7. The van der Waals surface area contributed by atoms with E-state index >= 15 is 0 Å². The molecule has 1 unspecified atom stereocenters. The second kappa shape index (κ2) is 53.5. The minimum atomic E-state index is -0.791. The highest BCUT2D eigenvalue weighted by atomic mass is 16.6. The van der Waals surface area contributed by atoms with Crippen molar-refractivity contribution >= 4 is 17.9 Å². The van der Waals surface area contributed by atoms with Crippen molar-refractivity contribution in [3.63, 3.8) is 0 Å². The standard InChI is InChI=1S/C59H102O6/c1-4-7-10-13-16-19-22-25-27-28-29-30-32-34-37-40-43-46-49-52-58(61)64-55-56(54-63-57(60)51-48-45-42-39-36-33-24-21-18-15-12-9-6-3)65-59(62)53-50-47-44-41-38-35-31-26-23-20-17-14-11-8-5-2/h7,10,16,19,25-27,29-31,34,37,56H,4-6,8-9,11-15,17-18,20-24,28,32-33,35-36,38-55H2,1-3H3/b10-7-,19-16-,27-25-,30-29-,31-26-,37-34-.